The van der Waals surface area contributed by atoms with E-state index in [1.165, 1.54) is 0 Å². The molecule has 5 rings (SSSR count). The predicted octanol–water partition coefficient (Wildman–Crippen LogP) is 1.85. The van der Waals surface area contributed by atoms with Gasteiger partial charge in [0, 0.05) is 17.7 Å². The second-order valence-corrected chi connectivity index (χ2v) is 9.57. The van der Waals surface area contributed by atoms with E-state index in [-0.39, 0.29) is 34.0 Å². The number of hydrogen-bond acceptors (Lipinski definition) is 10. The lowest BCUT2D eigenvalue weighted by atomic mass is 10.1. The van der Waals surface area contributed by atoms with Crippen LogP contribution in [0.25, 0.3) is 11.2 Å². The number of rotatable bonds is 8. The second-order valence-electron chi connectivity index (χ2n) is 8.51. The van der Waals surface area contributed by atoms with E-state index in [0.717, 1.165) is 28.4 Å². The molecule has 0 unspecified atom stereocenters. The minimum Gasteiger partial charge on any atom is -0.394 e. The minimum atomic E-state index is -4.31. The van der Waals surface area contributed by atoms with Crippen molar-refractivity contribution in [2.75, 3.05) is 17.7 Å². The molecule has 1 aliphatic heterocycles. The van der Waals surface area contributed by atoms with Crippen LogP contribution in [-0.4, -0.2) is 83.2 Å². The SMILES string of the molecule is OC[C@H]1O[C@@H](n2nnc3c(N[C@@H]4C[C@H]4c4ccccc4)nc(SCCC(F)(F)F)nc32)[C@H](O)[C@@H]1O. The van der Waals surface area contributed by atoms with Crippen LogP contribution < -0.4 is 5.32 Å². The number of ether oxygens (including phenoxy) is 1. The molecule has 0 radical (unpaired) electrons. The van der Waals surface area contributed by atoms with E-state index in [4.69, 9.17) is 4.74 Å². The fourth-order valence-electron chi connectivity index (χ4n) is 4.09. The second kappa shape index (κ2) is 9.50. The Morgan fingerprint density at radius 1 is 1.14 bits per heavy atom. The van der Waals surface area contributed by atoms with Crippen molar-refractivity contribution in [2.24, 2.45) is 0 Å². The van der Waals surface area contributed by atoms with Crippen LogP contribution >= 0.6 is 11.8 Å². The van der Waals surface area contributed by atoms with Crippen molar-refractivity contribution in [3.63, 3.8) is 0 Å². The van der Waals surface area contributed by atoms with Crippen LogP contribution in [0.15, 0.2) is 35.5 Å². The highest BCUT2D eigenvalue weighted by Gasteiger charge is 2.45. The summed E-state index contributed by atoms with van der Waals surface area (Å²) in [5.41, 5.74) is 1.54. The third-order valence-electron chi connectivity index (χ3n) is 6.02. The standard InChI is InChI=1S/C21H23F3N6O4S/c22-21(23,24)6-7-35-20-26-17(25-12-8-11(12)10-4-2-1-3-5-10)14-18(27-20)30(29-28-14)19-16(33)15(32)13(9-31)34-19/h1-5,11-13,15-16,19,31-33H,6-9H2,(H,25,26,27)/t11-,12+,13+,15+,16+,19+/m0/s1. The number of benzene rings is 1. The number of alkyl halides is 3. The van der Waals surface area contributed by atoms with Crippen molar-refractivity contribution in [2.45, 2.75) is 60.7 Å². The predicted molar refractivity (Wildman–Crippen MR) is 119 cm³/mol. The Bertz CT molecular complexity index is 1180. The van der Waals surface area contributed by atoms with E-state index in [9.17, 15) is 28.5 Å². The average molecular weight is 513 g/mol. The molecular formula is C21H23F3N6O4S. The monoisotopic (exact) mass is 512 g/mol. The van der Waals surface area contributed by atoms with Gasteiger partial charge in [-0.3, -0.25) is 0 Å². The van der Waals surface area contributed by atoms with Gasteiger partial charge >= 0.3 is 6.18 Å². The number of nitrogens with zero attached hydrogens (tertiary/aromatic N) is 5. The van der Waals surface area contributed by atoms with Gasteiger partial charge < -0.3 is 25.4 Å². The Morgan fingerprint density at radius 2 is 1.91 bits per heavy atom. The van der Waals surface area contributed by atoms with Crippen LogP contribution in [0.4, 0.5) is 19.0 Å². The first-order valence-electron chi connectivity index (χ1n) is 11.0. The van der Waals surface area contributed by atoms with Gasteiger partial charge in [-0.2, -0.15) is 17.9 Å². The van der Waals surface area contributed by atoms with Crippen LogP contribution in [0.2, 0.25) is 0 Å². The zero-order chi connectivity index (χ0) is 24.7. The van der Waals surface area contributed by atoms with Gasteiger partial charge in [-0.25, -0.2) is 9.97 Å². The summed E-state index contributed by atoms with van der Waals surface area (Å²) in [6.45, 7) is -0.524. The van der Waals surface area contributed by atoms with Crippen LogP contribution in [0.1, 0.15) is 30.6 Å². The Balaban J connectivity index is 1.45. The first-order chi connectivity index (χ1) is 16.7. The number of aliphatic hydroxyl groups is 3. The number of anilines is 1. The van der Waals surface area contributed by atoms with Crippen LogP contribution in [0, 0.1) is 0 Å². The third-order valence-corrected chi connectivity index (χ3v) is 6.87. The van der Waals surface area contributed by atoms with Gasteiger partial charge in [0.05, 0.1) is 13.0 Å². The topological polar surface area (TPSA) is 138 Å². The van der Waals surface area contributed by atoms with E-state index in [2.05, 4.69) is 25.6 Å². The maximum Gasteiger partial charge on any atom is 0.389 e. The molecule has 0 bridgehead atoms. The van der Waals surface area contributed by atoms with E-state index in [0.29, 0.717) is 5.82 Å². The molecule has 2 aliphatic rings. The van der Waals surface area contributed by atoms with Gasteiger partial charge in [0.25, 0.3) is 0 Å². The van der Waals surface area contributed by atoms with Crippen molar-refractivity contribution < 1.29 is 33.2 Å². The molecule has 35 heavy (non-hydrogen) atoms. The number of halogens is 3. The first-order valence-corrected chi connectivity index (χ1v) is 12.0. The molecule has 4 N–H and O–H groups in total. The zero-order valence-corrected chi connectivity index (χ0v) is 19.0. The Labute approximate surface area is 201 Å². The normalized spacial score (nSPS) is 28.5. The van der Waals surface area contributed by atoms with Crippen molar-refractivity contribution in [3.05, 3.63) is 35.9 Å². The highest BCUT2D eigenvalue weighted by atomic mass is 32.2. The van der Waals surface area contributed by atoms with E-state index in [1.807, 2.05) is 30.3 Å². The summed E-state index contributed by atoms with van der Waals surface area (Å²) in [4.78, 5) is 8.72. The summed E-state index contributed by atoms with van der Waals surface area (Å²) in [5.74, 6) is 0.281. The zero-order valence-electron chi connectivity index (χ0n) is 18.2. The number of hydrogen-bond donors (Lipinski definition) is 4. The van der Waals surface area contributed by atoms with Gasteiger partial charge in [-0.15, -0.1) is 5.10 Å². The lowest BCUT2D eigenvalue weighted by molar-refractivity contribution is -0.129. The molecule has 3 aromatic rings. The van der Waals surface area contributed by atoms with E-state index >= 15 is 0 Å². The van der Waals surface area contributed by atoms with Crippen molar-refractivity contribution in [1.29, 1.82) is 0 Å². The molecule has 3 heterocycles. The maximum absolute atomic E-state index is 12.7. The molecule has 1 aromatic carbocycles. The molecule has 6 atom stereocenters. The smallest absolute Gasteiger partial charge is 0.389 e. The van der Waals surface area contributed by atoms with Gasteiger partial charge in [0.1, 0.15) is 18.3 Å². The molecule has 2 fully saturated rings. The number of aliphatic hydroxyl groups excluding tert-OH is 3. The van der Waals surface area contributed by atoms with Crippen molar-refractivity contribution in [3.8, 4) is 0 Å². The molecule has 10 nitrogen and oxygen atoms in total. The lowest BCUT2D eigenvalue weighted by Gasteiger charge is -2.15. The molecular weight excluding hydrogens is 489 g/mol. The summed E-state index contributed by atoms with van der Waals surface area (Å²) >= 11 is 0.838. The quantitative estimate of drug-likeness (QED) is 0.261. The highest BCUT2D eigenvalue weighted by Crippen LogP contribution is 2.43. The van der Waals surface area contributed by atoms with Gasteiger partial charge in [0.2, 0.25) is 0 Å². The van der Waals surface area contributed by atoms with Crippen LogP contribution in [0.5, 0.6) is 0 Å². The number of aromatic nitrogens is 5. The van der Waals surface area contributed by atoms with Gasteiger partial charge in [-0.05, 0) is 12.0 Å². The Hall–Kier alpha value is -2.52. The fourth-order valence-corrected chi connectivity index (χ4v) is 4.91. The third kappa shape index (κ3) is 5.07. The molecule has 1 saturated heterocycles. The van der Waals surface area contributed by atoms with Crippen LogP contribution in [0.3, 0.4) is 0 Å². The average Bonchev–Trinajstić information content (AvgIpc) is 3.37. The van der Waals surface area contributed by atoms with E-state index in [1.54, 1.807) is 0 Å². The molecule has 1 saturated carbocycles. The molecule has 14 heteroatoms. The summed E-state index contributed by atoms with van der Waals surface area (Å²) in [7, 11) is 0. The number of thioether (sulfide) groups is 1. The summed E-state index contributed by atoms with van der Waals surface area (Å²) in [6.07, 6.45) is -9.48. The number of fused-ring (bicyclic) bond motifs is 1. The molecule has 188 valence electrons. The fraction of sp³-hybridized carbons (Fsp3) is 0.524. The largest absolute Gasteiger partial charge is 0.394 e. The summed E-state index contributed by atoms with van der Waals surface area (Å²) < 4.78 is 44.7. The molecule has 0 amide bonds. The van der Waals surface area contributed by atoms with Crippen molar-refractivity contribution in [1.82, 2.24) is 25.0 Å². The lowest BCUT2D eigenvalue weighted by Crippen LogP contribution is -2.33. The molecule has 0 spiro atoms. The highest BCUT2D eigenvalue weighted by molar-refractivity contribution is 7.99. The Morgan fingerprint density at radius 3 is 2.60 bits per heavy atom. The number of nitrogens with one attached hydrogen (secondary N) is 1. The minimum absolute atomic E-state index is 0.0441. The molecule has 2 aromatic heterocycles. The Kier molecular flexibility index (Phi) is 6.57. The van der Waals surface area contributed by atoms with Gasteiger partial charge in [-0.1, -0.05) is 47.3 Å². The summed E-state index contributed by atoms with van der Waals surface area (Å²) in [6, 6.07) is 9.94. The first kappa shape index (κ1) is 24.2. The van der Waals surface area contributed by atoms with Crippen LogP contribution in [-0.2, 0) is 4.74 Å². The van der Waals surface area contributed by atoms with Crippen molar-refractivity contribution >= 4 is 28.7 Å². The maximum atomic E-state index is 12.7. The molecule has 1 aliphatic carbocycles. The van der Waals surface area contributed by atoms with Gasteiger partial charge in [0.15, 0.2) is 28.4 Å². The summed E-state index contributed by atoms with van der Waals surface area (Å²) in [5, 5.41) is 41.4. The van der Waals surface area contributed by atoms with E-state index < -0.39 is 43.7 Å².